The van der Waals surface area contributed by atoms with Gasteiger partial charge in [0.05, 0.1) is 23.4 Å². The van der Waals surface area contributed by atoms with E-state index in [0.717, 1.165) is 46.6 Å². The predicted molar refractivity (Wildman–Crippen MR) is 132 cm³/mol. The van der Waals surface area contributed by atoms with Crippen LogP contribution in [0.3, 0.4) is 0 Å². The van der Waals surface area contributed by atoms with E-state index in [-0.39, 0.29) is 17.4 Å². The molecule has 6 rings (SSSR count). The maximum absolute atomic E-state index is 13.7. The summed E-state index contributed by atoms with van der Waals surface area (Å²) in [7, 11) is 1.65. The summed E-state index contributed by atoms with van der Waals surface area (Å²) in [6.45, 7) is 0. The van der Waals surface area contributed by atoms with E-state index >= 15 is 0 Å². The van der Waals surface area contributed by atoms with Crippen molar-refractivity contribution in [1.29, 1.82) is 0 Å². The molecule has 34 heavy (non-hydrogen) atoms. The minimum absolute atomic E-state index is 0.0840. The maximum atomic E-state index is 13.7. The number of rotatable bonds is 3. The van der Waals surface area contributed by atoms with Gasteiger partial charge in [0.1, 0.15) is 11.6 Å². The Balaban J connectivity index is 1.60. The molecule has 3 aromatic carbocycles. The molecule has 1 aliphatic carbocycles. The van der Waals surface area contributed by atoms with Crippen LogP contribution in [0, 0.1) is 5.82 Å². The summed E-state index contributed by atoms with van der Waals surface area (Å²) in [5.74, 6) is 0.472. The van der Waals surface area contributed by atoms with Crippen LogP contribution >= 0.6 is 11.3 Å². The van der Waals surface area contributed by atoms with Gasteiger partial charge >= 0.3 is 0 Å². The minimum atomic E-state index is -0.301. The number of fused-ring (bicyclic) bond motifs is 3. The summed E-state index contributed by atoms with van der Waals surface area (Å²) >= 11 is 1.37. The second kappa shape index (κ2) is 8.22. The van der Waals surface area contributed by atoms with Gasteiger partial charge < -0.3 is 4.74 Å². The fraction of sp³-hybridized carbons (Fsp3) is 0.143. The van der Waals surface area contributed by atoms with Crippen LogP contribution < -0.4 is 19.6 Å². The Morgan fingerprint density at radius 1 is 1.03 bits per heavy atom. The third kappa shape index (κ3) is 3.42. The molecule has 2 heterocycles. The van der Waals surface area contributed by atoms with Gasteiger partial charge in [-0.05, 0) is 65.4 Å². The molecule has 0 N–H and O–H groups in total. The lowest BCUT2D eigenvalue weighted by Crippen LogP contribution is -2.38. The lowest BCUT2D eigenvalue weighted by atomic mass is 9.83. The third-order valence-corrected chi connectivity index (χ3v) is 7.46. The van der Waals surface area contributed by atoms with E-state index in [2.05, 4.69) is 18.2 Å². The third-order valence-electron chi connectivity index (χ3n) is 6.47. The standard InChI is InChI=1S/C28H21FN2O2S/c1-33-21-13-8-19(9-14-21)26-23-15-10-18-4-2-3-5-22(18)25(23)30-28-31(26)27(32)24(34-28)16-17-6-11-20(29)12-7-17/h2-9,11-14,16,26H,10,15H2,1H3/b24-16-/t26-/m0/s1. The smallest absolute Gasteiger partial charge is 0.271 e. The first-order valence-electron chi connectivity index (χ1n) is 11.1. The molecule has 0 unspecified atom stereocenters. The molecule has 1 aliphatic heterocycles. The quantitative estimate of drug-likeness (QED) is 0.446. The molecule has 0 saturated heterocycles. The summed E-state index contributed by atoms with van der Waals surface area (Å²) in [6, 6.07) is 22.2. The molecule has 2 aliphatic rings. The number of methoxy groups -OCH3 is 1. The van der Waals surface area contributed by atoms with Crippen LogP contribution in [0.1, 0.15) is 34.7 Å². The fourth-order valence-electron chi connectivity index (χ4n) is 4.82. The Hall–Kier alpha value is -3.77. The molecule has 0 radical (unpaired) electrons. The molecule has 0 amide bonds. The normalized spacial score (nSPS) is 17.0. The van der Waals surface area contributed by atoms with Crippen LogP contribution in [0.4, 0.5) is 4.39 Å². The number of halogens is 1. The predicted octanol–water partition coefficient (Wildman–Crippen LogP) is 4.47. The zero-order valence-corrected chi connectivity index (χ0v) is 19.3. The second-order valence-electron chi connectivity index (χ2n) is 8.44. The lowest BCUT2D eigenvalue weighted by molar-refractivity contribution is 0.414. The Labute approximate surface area is 199 Å². The Bertz CT molecular complexity index is 1610. The molecule has 0 saturated carbocycles. The zero-order chi connectivity index (χ0) is 23.2. The van der Waals surface area contributed by atoms with Crippen LogP contribution in [-0.2, 0) is 6.42 Å². The summed E-state index contributed by atoms with van der Waals surface area (Å²) in [6.07, 6.45) is 3.57. The fourth-order valence-corrected chi connectivity index (χ4v) is 5.82. The van der Waals surface area contributed by atoms with Crippen LogP contribution in [0.2, 0.25) is 0 Å². The summed E-state index contributed by atoms with van der Waals surface area (Å²) in [5, 5.41) is 0. The van der Waals surface area contributed by atoms with Gasteiger partial charge in [-0.3, -0.25) is 9.36 Å². The van der Waals surface area contributed by atoms with Gasteiger partial charge in [-0.1, -0.05) is 59.9 Å². The number of aryl methyl sites for hydroxylation is 1. The monoisotopic (exact) mass is 468 g/mol. The molecule has 1 atom stereocenters. The van der Waals surface area contributed by atoms with Crippen molar-refractivity contribution < 1.29 is 9.13 Å². The van der Waals surface area contributed by atoms with E-state index in [4.69, 9.17) is 9.73 Å². The maximum Gasteiger partial charge on any atom is 0.271 e. The van der Waals surface area contributed by atoms with Crippen molar-refractivity contribution in [1.82, 2.24) is 4.57 Å². The van der Waals surface area contributed by atoms with Crippen LogP contribution in [-0.4, -0.2) is 11.7 Å². The van der Waals surface area contributed by atoms with Gasteiger partial charge in [-0.15, -0.1) is 0 Å². The number of thiazole rings is 1. The molecular weight excluding hydrogens is 447 g/mol. The average Bonchev–Trinajstić information content (AvgIpc) is 3.18. The molecule has 1 aromatic heterocycles. The van der Waals surface area contributed by atoms with E-state index in [1.807, 2.05) is 41.0 Å². The van der Waals surface area contributed by atoms with Crippen LogP contribution in [0.5, 0.6) is 5.75 Å². The van der Waals surface area contributed by atoms with Gasteiger partial charge in [-0.2, -0.15) is 0 Å². The first-order chi connectivity index (χ1) is 16.6. The topological polar surface area (TPSA) is 43.6 Å². The average molecular weight is 469 g/mol. The molecule has 0 fully saturated rings. The highest BCUT2D eigenvalue weighted by Crippen LogP contribution is 2.41. The molecule has 168 valence electrons. The van der Waals surface area contributed by atoms with Gasteiger partial charge in [0.25, 0.3) is 5.56 Å². The van der Waals surface area contributed by atoms with E-state index in [9.17, 15) is 9.18 Å². The Morgan fingerprint density at radius 2 is 1.79 bits per heavy atom. The van der Waals surface area contributed by atoms with Crippen LogP contribution in [0.15, 0.2) is 88.2 Å². The van der Waals surface area contributed by atoms with Crippen molar-refractivity contribution >= 4 is 23.1 Å². The molecular formula is C28H21FN2O2S. The molecule has 4 aromatic rings. The van der Waals surface area contributed by atoms with E-state index < -0.39 is 0 Å². The van der Waals surface area contributed by atoms with Crippen LogP contribution in [0.25, 0.3) is 11.8 Å². The number of benzene rings is 3. The molecule has 4 nitrogen and oxygen atoms in total. The van der Waals surface area contributed by atoms with E-state index in [1.165, 1.54) is 29.0 Å². The lowest BCUT2D eigenvalue weighted by Gasteiger charge is -2.30. The molecule has 0 spiro atoms. The van der Waals surface area contributed by atoms with Crippen molar-refractivity contribution in [3.63, 3.8) is 0 Å². The SMILES string of the molecule is COc1ccc([C@H]2C3=C(N=c4s/c(=C\c5ccc(F)cc5)c(=O)n42)c2ccccc2CC3)cc1. The number of nitrogens with zero attached hydrogens (tertiary/aromatic N) is 2. The Morgan fingerprint density at radius 3 is 2.56 bits per heavy atom. The van der Waals surface area contributed by atoms with E-state index in [0.29, 0.717) is 9.33 Å². The highest BCUT2D eigenvalue weighted by Gasteiger charge is 2.32. The van der Waals surface area contributed by atoms with Gasteiger partial charge in [-0.25, -0.2) is 9.38 Å². The van der Waals surface area contributed by atoms with Gasteiger partial charge in [0.15, 0.2) is 4.80 Å². The van der Waals surface area contributed by atoms with Crippen molar-refractivity contribution in [3.8, 4) is 5.75 Å². The molecule has 0 bridgehead atoms. The van der Waals surface area contributed by atoms with Crippen molar-refractivity contribution in [3.05, 3.63) is 126 Å². The van der Waals surface area contributed by atoms with Crippen molar-refractivity contribution in [2.45, 2.75) is 18.9 Å². The van der Waals surface area contributed by atoms with Crippen molar-refractivity contribution in [2.24, 2.45) is 4.99 Å². The number of hydrogen-bond acceptors (Lipinski definition) is 4. The summed E-state index contributed by atoms with van der Waals surface area (Å²) in [5.41, 5.74) is 6.27. The first kappa shape index (κ1) is 20.8. The zero-order valence-electron chi connectivity index (χ0n) is 18.5. The second-order valence-corrected chi connectivity index (χ2v) is 9.45. The summed E-state index contributed by atoms with van der Waals surface area (Å²) < 4.78 is 21.1. The highest BCUT2D eigenvalue weighted by molar-refractivity contribution is 7.07. The minimum Gasteiger partial charge on any atom is -0.497 e. The number of hydrogen-bond donors (Lipinski definition) is 0. The molecule has 6 heteroatoms. The first-order valence-corrected chi connectivity index (χ1v) is 12.0. The van der Waals surface area contributed by atoms with Gasteiger partial charge in [0, 0.05) is 5.56 Å². The Kier molecular flexibility index (Phi) is 5.03. The highest BCUT2D eigenvalue weighted by atomic mass is 32.1. The number of ether oxygens (including phenoxy) is 1. The summed E-state index contributed by atoms with van der Waals surface area (Å²) in [4.78, 5) is 19.4. The van der Waals surface area contributed by atoms with Gasteiger partial charge in [0.2, 0.25) is 0 Å². The number of allylic oxidation sites excluding steroid dienone is 1. The van der Waals surface area contributed by atoms with E-state index in [1.54, 1.807) is 19.2 Å². The largest absolute Gasteiger partial charge is 0.497 e. The number of aromatic nitrogens is 1. The van der Waals surface area contributed by atoms with Crippen molar-refractivity contribution in [2.75, 3.05) is 7.11 Å².